The van der Waals surface area contributed by atoms with Crippen LogP contribution in [0.2, 0.25) is 0 Å². The summed E-state index contributed by atoms with van der Waals surface area (Å²) in [4.78, 5) is 13.4. The van der Waals surface area contributed by atoms with Crippen LogP contribution in [0.3, 0.4) is 0 Å². The van der Waals surface area contributed by atoms with Gasteiger partial charge in [-0.1, -0.05) is 35.5 Å². The van der Waals surface area contributed by atoms with Gasteiger partial charge in [-0.25, -0.2) is 5.01 Å². The number of ketones is 1. The molecule has 9 heteroatoms. The van der Waals surface area contributed by atoms with E-state index < -0.39 is 0 Å². The highest BCUT2D eigenvalue weighted by Crippen LogP contribution is 2.40. The molecule has 1 aromatic carbocycles. The maximum absolute atomic E-state index is 13.1. The van der Waals surface area contributed by atoms with Gasteiger partial charge in [0.1, 0.15) is 27.2 Å². The van der Waals surface area contributed by atoms with Crippen molar-refractivity contribution in [2.45, 2.75) is 6.92 Å². The van der Waals surface area contributed by atoms with E-state index in [0.717, 1.165) is 5.56 Å². The minimum atomic E-state index is -0.382. The summed E-state index contributed by atoms with van der Waals surface area (Å²) < 4.78 is 10.7. The van der Waals surface area contributed by atoms with E-state index >= 15 is 0 Å². The third kappa shape index (κ3) is 3.68. The summed E-state index contributed by atoms with van der Waals surface area (Å²) >= 11 is 1.20. The molecule has 8 nitrogen and oxygen atoms in total. The van der Waals surface area contributed by atoms with Gasteiger partial charge in [-0.15, -0.1) is 11.3 Å². The molecule has 154 valence electrons. The van der Waals surface area contributed by atoms with Crippen molar-refractivity contribution in [3.63, 3.8) is 0 Å². The number of aromatic nitrogens is 1. The summed E-state index contributed by atoms with van der Waals surface area (Å²) in [5, 5.41) is 18.5. The van der Waals surface area contributed by atoms with Gasteiger partial charge in [0.05, 0.1) is 18.9 Å². The Kier molecular flexibility index (Phi) is 5.81. The summed E-state index contributed by atoms with van der Waals surface area (Å²) in [5.74, 6) is -0.291. The topological polar surface area (TPSA) is 109 Å². The lowest BCUT2D eigenvalue weighted by molar-refractivity contribution is 0.0326. The Morgan fingerprint density at radius 3 is 2.73 bits per heavy atom. The van der Waals surface area contributed by atoms with E-state index in [1.165, 1.54) is 11.3 Å². The van der Waals surface area contributed by atoms with E-state index in [4.69, 9.17) is 15.0 Å². The molecular weight excluding hydrogens is 402 g/mol. The first-order chi connectivity index (χ1) is 14.6. The van der Waals surface area contributed by atoms with Gasteiger partial charge in [0.2, 0.25) is 11.5 Å². The van der Waals surface area contributed by atoms with Crippen LogP contribution in [0.15, 0.2) is 40.9 Å². The van der Waals surface area contributed by atoms with Crippen LogP contribution in [0.1, 0.15) is 27.9 Å². The molecule has 0 atom stereocenters. The molecule has 1 aliphatic rings. The highest BCUT2D eigenvalue weighted by molar-refractivity contribution is 7.19. The molecule has 0 saturated carbocycles. The lowest BCUT2D eigenvalue weighted by Gasteiger charge is -2.37. The lowest BCUT2D eigenvalue weighted by Crippen LogP contribution is -2.48. The van der Waals surface area contributed by atoms with Crippen LogP contribution < -0.4 is 10.7 Å². The van der Waals surface area contributed by atoms with Crippen LogP contribution in [-0.4, -0.2) is 48.8 Å². The number of nitrogens with two attached hydrogens (primary N) is 1. The van der Waals surface area contributed by atoms with E-state index in [9.17, 15) is 10.1 Å². The zero-order chi connectivity index (χ0) is 21.1. The maximum Gasteiger partial charge on any atom is 0.243 e. The first-order valence-electron chi connectivity index (χ1n) is 9.63. The molecule has 3 aromatic rings. The first kappa shape index (κ1) is 20.1. The SMILES string of the molecule is CCN(c1sc(C(=O)c2cc(-c3ccccc3)no2)c(N)c1C#N)N1CCOCC1. The smallest absolute Gasteiger partial charge is 0.243 e. The normalized spacial score (nSPS) is 14.4. The fraction of sp³-hybridized carbons (Fsp3) is 0.286. The number of nitrogens with zero attached hydrogens (tertiary/aromatic N) is 4. The first-order valence-corrected chi connectivity index (χ1v) is 10.4. The summed E-state index contributed by atoms with van der Waals surface area (Å²) in [7, 11) is 0. The van der Waals surface area contributed by atoms with Crippen LogP contribution in [0.4, 0.5) is 10.7 Å². The summed E-state index contributed by atoms with van der Waals surface area (Å²) in [6.45, 7) is 5.29. The van der Waals surface area contributed by atoms with Crippen molar-refractivity contribution < 1.29 is 14.1 Å². The Morgan fingerprint density at radius 1 is 1.33 bits per heavy atom. The molecule has 1 saturated heterocycles. The number of anilines is 2. The Balaban J connectivity index is 1.67. The van der Waals surface area contributed by atoms with Crippen LogP contribution in [0, 0.1) is 11.3 Å². The number of hydrazine groups is 1. The van der Waals surface area contributed by atoms with E-state index in [0.29, 0.717) is 49.1 Å². The van der Waals surface area contributed by atoms with Gasteiger partial charge < -0.3 is 15.0 Å². The molecule has 2 N–H and O–H groups in total. The number of hydrogen-bond acceptors (Lipinski definition) is 9. The van der Waals surface area contributed by atoms with Gasteiger partial charge in [-0.05, 0) is 6.92 Å². The quantitative estimate of drug-likeness (QED) is 0.602. The second-order valence-electron chi connectivity index (χ2n) is 6.69. The monoisotopic (exact) mass is 423 g/mol. The molecule has 1 aliphatic heterocycles. The van der Waals surface area contributed by atoms with Gasteiger partial charge in [-0.3, -0.25) is 9.80 Å². The average Bonchev–Trinajstić information content (AvgIpc) is 3.40. The fourth-order valence-corrected chi connectivity index (χ4v) is 4.60. The van der Waals surface area contributed by atoms with Gasteiger partial charge >= 0.3 is 0 Å². The summed E-state index contributed by atoms with van der Waals surface area (Å²) in [6.07, 6.45) is 0. The van der Waals surface area contributed by atoms with E-state index in [2.05, 4.69) is 16.2 Å². The molecule has 0 aliphatic carbocycles. The number of carbonyl (C=O) groups is 1. The Bertz CT molecular complexity index is 1080. The molecule has 0 radical (unpaired) electrons. The van der Waals surface area contributed by atoms with Gasteiger partial charge in [-0.2, -0.15) is 5.26 Å². The number of hydrogen-bond donors (Lipinski definition) is 1. The number of carbonyl (C=O) groups excluding carboxylic acids is 1. The lowest BCUT2D eigenvalue weighted by atomic mass is 10.1. The third-order valence-corrected chi connectivity index (χ3v) is 6.13. The number of nitrogen functional groups attached to an aromatic ring is 1. The molecule has 30 heavy (non-hydrogen) atoms. The molecule has 3 heterocycles. The Labute approximate surface area is 178 Å². The Morgan fingerprint density at radius 2 is 2.07 bits per heavy atom. The number of benzene rings is 1. The number of nitriles is 1. The molecule has 4 rings (SSSR count). The zero-order valence-electron chi connectivity index (χ0n) is 16.5. The van der Waals surface area contributed by atoms with Crippen LogP contribution in [0.5, 0.6) is 0 Å². The van der Waals surface area contributed by atoms with Crippen molar-refractivity contribution in [2.24, 2.45) is 0 Å². The van der Waals surface area contributed by atoms with Crippen molar-refractivity contribution in [3.05, 3.63) is 52.6 Å². The minimum absolute atomic E-state index is 0.0901. The van der Waals surface area contributed by atoms with E-state index in [1.54, 1.807) is 6.07 Å². The molecule has 0 bridgehead atoms. The van der Waals surface area contributed by atoms with Gasteiger partial charge in [0, 0.05) is 31.3 Å². The second-order valence-corrected chi connectivity index (χ2v) is 7.69. The average molecular weight is 423 g/mol. The van der Waals surface area contributed by atoms with Crippen molar-refractivity contribution in [1.82, 2.24) is 10.2 Å². The number of ether oxygens (including phenoxy) is 1. The highest BCUT2D eigenvalue weighted by Gasteiger charge is 2.29. The standard InChI is InChI=1S/C21H21N5O3S/c1-2-26(25-8-10-28-11-9-25)21-15(13-22)18(23)20(30-21)19(27)17-12-16(24-29-17)14-6-4-3-5-7-14/h3-7,12H,2,8-11,23H2,1H3. The highest BCUT2D eigenvalue weighted by atomic mass is 32.1. The van der Waals surface area contributed by atoms with E-state index in [-0.39, 0.29) is 22.1 Å². The zero-order valence-corrected chi connectivity index (χ0v) is 17.3. The molecule has 0 unspecified atom stereocenters. The predicted octanol–water partition coefficient (Wildman–Crippen LogP) is 3.16. The third-order valence-electron chi connectivity index (χ3n) is 4.91. The largest absolute Gasteiger partial charge is 0.396 e. The van der Waals surface area contributed by atoms with Crippen molar-refractivity contribution >= 4 is 27.8 Å². The van der Waals surface area contributed by atoms with Gasteiger partial charge in [0.15, 0.2) is 0 Å². The van der Waals surface area contributed by atoms with Crippen molar-refractivity contribution in [1.29, 1.82) is 5.26 Å². The second kappa shape index (κ2) is 8.67. The summed E-state index contributed by atoms with van der Waals surface area (Å²) in [5.41, 5.74) is 8.12. The maximum atomic E-state index is 13.1. The van der Waals surface area contributed by atoms with E-state index in [1.807, 2.05) is 42.3 Å². The fourth-order valence-electron chi connectivity index (χ4n) is 3.40. The number of morpholine rings is 1. The molecule has 1 fully saturated rings. The minimum Gasteiger partial charge on any atom is -0.396 e. The van der Waals surface area contributed by atoms with Gasteiger partial charge in [0.25, 0.3) is 0 Å². The predicted molar refractivity (Wildman–Crippen MR) is 114 cm³/mol. The molecule has 2 aromatic heterocycles. The van der Waals surface area contributed by atoms with Crippen molar-refractivity contribution in [3.8, 4) is 17.3 Å². The van der Waals surface area contributed by atoms with Crippen LogP contribution >= 0.6 is 11.3 Å². The summed E-state index contributed by atoms with van der Waals surface area (Å²) in [6, 6.07) is 13.2. The van der Waals surface area contributed by atoms with Crippen LogP contribution in [0.25, 0.3) is 11.3 Å². The van der Waals surface area contributed by atoms with Crippen molar-refractivity contribution in [2.75, 3.05) is 43.6 Å². The van der Waals surface area contributed by atoms with Crippen LogP contribution in [-0.2, 0) is 4.74 Å². The number of rotatable bonds is 6. The molecule has 0 spiro atoms. The Hall–Kier alpha value is -3.19. The molecular formula is C21H21N5O3S. The molecule has 0 amide bonds. The number of thiophene rings is 1.